The van der Waals surface area contributed by atoms with Crippen molar-refractivity contribution < 1.29 is 31.5 Å². The molecule has 0 atom stereocenters. The lowest BCUT2D eigenvalue weighted by atomic mass is 10.2. The number of nitrogens with one attached hydrogen (secondary N) is 2. The lowest BCUT2D eigenvalue weighted by molar-refractivity contribution is 0.0730. The lowest BCUT2D eigenvalue weighted by Gasteiger charge is -2.26. The van der Waals surface area contributed by atoms with Gasteiger partial charge in [-0.15, -0.1) is 0 Å². The van der Waals surface area contributed by atoms with E-state index in [9.17, 15) is 22.0 Å². The number of ether oxygens (including phenoxy) is 2. The second kappa shape index (κ2) is 9.41. The van der Waals surface area contributed by atoms with Crippen LogP contribution in [-0.2, 0) is 14.8 Å². The molecule has 0 unspecified atom stereocenters. The van der Waals surface area contributed by atoms with Crippen LogP contribution in [0.1, 0.15) is 29.5 Å². The molecule has 1 saturated heterocycles. The van der Waals surface area contributed by atoms with E-state index in [2.05, 4.69) is 15.3 Å². The molecule has 0 aliphatic carbocycles. The molecule has 0 radical (unpaired) electrons. The van der Waals surface area contributed by atoms with Crippen molar-refractivity contribution in [3.63, 3.8) is 0 Å². The molecule has 0 spiro atoms. The third kappa shape index (κ3) is 4.82. The van der Waals surface area contributed by atoms with Gasteiger partial charge in [0.25, 0.3) is 12.3 Å². The molecule has 1 aliphatic heterocycles. The van der Waals surface area contributed by atoms with Gasteiger partial charge in [0.1, 0.15) is 5.75 Å². The molecule has 0 saturated carbocycles. The third-order valence-electron chi connectivity index (χ3n) is 5.08. The number of aromatic amines is 1. The number of rotatable bonds is 7. The van der Waals surface area contributed by atoms with E-state index < -0.39 is 28.2 Å². The molecule has 9 nitrogen and oxygen atoms in total. The fourth-order valence-corrected chi connectivity index (χ4v) is 4.89. The highest BCUT2D eigenvalue weighted by molar-refractivity contribution is 7.89. The summed E-state index contributed by atoms with van der Waals surface area (Å²) in [5.74, 6) is -0.747. The van der Waals surface area contributed by atoms with Crippen molar-refractivity contribution in [3.05, 3.63) is 47.8 Å². The molecule has 176 valence electrons. The highest BCUT2D eigenvalue weighted by atomic mass is 32.2. The lowest BCUT2D eigenvalue weighted by Crippen LogP contribution is -2.40. The number of sulfonamides is 1. The molecule has 0 bridgehead atoms. The van der Waals surface area contributed by atoms with Crippen molar-refractivity contribution in [3.8, 4) is 5.75 Å². The van der Waals surface area contributed by atoms with E-state index in [1.165, 1.54) is 40.7 Å². The van der Waals surface area contributed by atoms with Gasteiger partial charge in [-0.2, -0.15) is 4.31 Å². The van der Waals surface area contributed by atoms with Gasteiger partial charge in [-0.3, -0.25) is 4.79 Å². The number of carbonyl (C=O) groups excluding carboxylic acids is 1. The van der Waals surface area contributed by atoms with Crippen molar-refractivity contribution in [1.82, 2.24) is 14.3 Å². The van der Waals surface area contributed by atoms with Gasteiger partial charge >= 0.3 is 0 Å². The van der Waals surface area contributed by atoms with Crippen LogP contribution in [-0.4, -0.2) is 61.5 Å². The fraction of sp³-hybridized carbons (Fsp3) is 0.333. The highest BCUT2D eigenvalue weighted by Crippen LogP contribution is 2.30. The Kier molecular flexibility index (Phi) is 6.58. The monoisotopic (exact) mass is 480 g/mol. The molecule has 1 fully saturated rings. The summed E-state index contributed by atoms with van der Waals surface area (Å²) in [5, 5.41) is 2.67. The molecular weight excluding hydrogens is 458 g/mol. The fourth-order valence-electron chi connectivity index (χ4n) is 3.45. The maximum absolute atomic E-state index is 13.0. The standard InChI is InChI=1S/C21H22F2N4O5S/c1-2-32-18-6-4-14(33(29,30)27-7-9-31-10-8-27)12-17(18)26-21(28)13-3-5-15-16(11-13)25-20(24-15)19(22)23/h3-6,11-12,19H,2,7-10H2,1H3,(H,24,25)(H,26,28). The predicted molar refractivity (Wildman–Crippen MR) is 116 cm³/mol. The van der Waals surface area contributed by atoms with E-state index in [4.69, 9.17) is 9.47 Å². The van der Waals surface area contributed by atoms with Gasteiger partial charge in [0, 0.05) is 18.7 Å². The molecule has 4 rings (SSSR count). The zero-order chi connectivity index (χ0) is 23.6. The van der Waals surface area contributed by atoms with Crippen LogP contribution in [0.4, 0.5) is 14.5 Å². The Hall–Kier alpha value is -3.09. The Morgan fingerprint density at radius 3 is 2.70 bits per heavy atom. The largest absolute Gasteiger partial charge is 0.492 e. The molecule has 2 N–H and O–H groups in total. The van der Waals surface area contributed by atoms with Crippen LogP contribution in [0.25, 0.3) is 11.0 Å². The Morgan fingerprint density at radius 2 is 2.00 bits per heavy atom. The number of hydrogen-bond acceptors (Lipinski definition) is 6. The summed E-state index contributed by atoms with van der Waals surface area (Å²) in [6.45, 7) is 3.15. The van der Waals surface area contributed by atoms with Gasteiger partial charge < -0.3 is 19.8 Å². The van der Waals surface area contributed by atoms with Gasteiger partial charge in [-0.05, 0) is 43.3 Å². The first-order valence-electron chi connectivity index (χ1n) is 10.2. The zero-order valence-corrected chi connectivity index (χ0v) is 18.5. The number of halogens is 2. The highest BCUT2D eigenvalue weighted by Gasteiger charge is 2.27. The van der Waals surface area contributed by atoms with E-state index in [0.29, 0.717) is 31.1 Å². The first kappa shape index (κ1) is 23.1. The van der Waals surface area contributed by atoms with Gasteiger partial charge in [-0.25, -0.2) is 22.2 Å². The second-order valence-corrected chi connectivity index (χ2v) is 9.15. The molecule has 12 heteroatoms. The summed E-state index contributed by atoms with van der Waals surface area (Å²) in [7, 11) is -3.79. The summed E-state index contributed by atoms with van der Waals surface area (Å²) in [4.78, 5) is 19.2. The molecule has 2 heterocycles. The minimum atomic E-state index is -3.79. The summed E-state index contributed by atoms with van der Waals surface area (Å²) in [6.07, 6.45) is -2.76. The van der Waals surface area contributed by atoms with Crippen LogP contribution in [0.3, 0.4) is 0 Å². The number of nitrogens with zero attached hydrogens (tertiary/aromatic N) is 2. The summed E-state index contributed by atoms with van der Waals surface area (Å²) >= 11 is 0. The van der Waals surface area contributed by atoms with Crippen LogP contribution < -0.4 is 10.1 Å². The van der Waals surface area contributed by atoms with Crippen molar-refractivity contribution in [2.45, 2.75) is 18.2 Å². The summed E-state index contributed by atoms with van der Waals surface area (Å²) in [5.41, 5.74) is 0.937. The number of alkyl halides is 2. The normalized spacial score (nSPS) is 15.2. The van der Waals surface area contributed by atoms with Crippen LogP contribution in [0.5, 0.6) is 5.75 Å². The number of hydrogen-bond donors (Lipinski definition) is 2. The quantitative estimate of drug-likeness (QED) is 0.537. The number of benzene rings is 2. The van der Waals surface area contributed by atoms with Crippen molar-refractivity contribution in [1.29, 1.82) is 0 Å². The maximum atomic E-state index is 13.0. The van der Waals surface area contributed by atoms with E-state index in [-0.39, 0.29) is 34.8 Å². The van der Waals surface area contributed by atoms with Gasteiger partial charge in [0.05, 0.1) is 41.4 Å². The summed E-state index contributed by atoms with van der Waals surface area (Å²) in [6, 6.07) is 8.56. The smallest absolute Gasteiger partial charge is 0.295 e. The average molecular weight is 480 g/mol. The Bertz CT molecular complexity index is 1270. The van der Waals surface area contributed by atoms with Crippen molar-refractivity contribution in [2.75, 3.05) is 38.2 Å². The average Bonchev–Trinajstić information content (AvgIpc) is 3.25. The first-order valence-corrected chi connectivity index (χ1v) is 11.7. The molecular formula is C21H22F2N4O5S. The van der Waals surface area contributed by atoms with Crippen molar-refractivity contribution >= 4 is 32.7 Å². The molecule has 1 amide bonds. The minimum Gasteiger partial charge on any atom is -0.492 e. The Morgan fingerprint density at radius 1 is 1.24 bits per heavy atom. The van der Waals surface area contributed by atoms with E-state index >= 15 is 0 Å². The topological polar surface area (TPSA) is 114 Å². The van der Waals surface area contributed by atoms with E-state index in [1.807, 2.05) is 0 Å². The summed E-state index contributed by atoms with van der Waals surface area (Å²) < 4.78 is 63.9. The number of H-pyrrole nitrogens is 1. The second-order valence-electron chi connectivity index (χ2n) is 7.22. The Labute approximate surface area is 188 Å². The number of carbonyl (C=O) groups is 1. The first-order chi connectivity index (χ1) is 15.8. The van der Waals surface area contributed by atoms with E-state index in [0.717, 1.165) is 0 Å². The minimum absolute atomic E-state index is 0.00810. The number of fused-ring (bicyclic) bond motifs is 1. The number of morpholine rings is 1. The molecule has 1 aliphatic rings. The van der Waals surface area contributed by atoms with Gasteiger partial charge in [0.2, 0.25) is 10.0 Å². The molecule has 3 aromatic rings. The van der Waals surface area contributed by atoms with Crippen LogP contribution in [0.2, 0.25) is 0 Å². The third-order valence-corrected chi connectivity index (χ3v) is 6.97. The van der Waals surface area contributed by atoms with E-state index in [1.54, 1.807) is 6.92 Å². The van der Waals surface area contributed by atoms with Gasteiger partial charge in [-0.1, -0.05) is 0 Å². The number of aromatic nitrogens is 2. The van der Waals surface area contributed by atoms with Crippen molar-refractivity contribution in [2.24, 2.45) is 0 Å². The Balaban J connectivity index is 1.63. The molecule has 33 heavy (non-hydrogen) atoms. The van der Waals surface area contributed by atoms with Crippen LogP contribution in [0, 0.1) is 0 Å². The SMILES string of the molecule is CCOc1ccc(S(=O)(=O)N2CCOCC2)cc1NC(=O)c1ccc2nc(C(F)F)[nH]c2c1. The van der Waals surface area contributed by atoms with Crippen LogP contribution >= 0.6 is 0 Å². The molecule has 1 aromatic heterocycles. The maximum Gasteiger partial charge on any atom is 0.295 e. The number of amides is 1. The number of anilines is 1. The predicted octanol–water partition coefficient (Wildman–Crippen LogP) is 3.17. The number of imidazole rings is 1. The zero-order valence-electron chi connectivity index (χ0n) is 17.7. The van der Waals surface area contributed by atoms with Gasteiger partial charge in [0.15, 0.2) is 5.82 Å². The molecule has 2 aromatic carbocycles. The van der Waals surface area contributed by atoms with Crippen LogP contribution in [0.15, 0.2) is 41.3 Å².